The molecule has 4 N–H and O–H groups in total. The molecule has 0 radical (unpaired) electrons. The van der Waals surface area contributed by atoms with Crippen LogP contribution < -0.4 is 11.5 Å². The number of benzene rings is 1. The first-order valence-corrected chi connectivity index (χ1v) is 4.81. The first kappa shape index (κ1) is 14.2. The summed E-state index contributed by atoms with van der Waals surface area (Å²) in [5.74, 6) is 0. The quantitative estimate of drug-likeness (QED) is 0.785. The normalized spacial score (nSPS) is 11.3. The Morgan fingerprint density at radius 1 is 1.33 bits per heavy atom. The monoisotopic (exact) mass is 246 g/mol. The summed E-state index contributed by atoms with van der Waals surface area (Å²) in [6.07, 6.45) is 0.767. The molecule has 0 spiro atoms. The summed E-state index contributed by atoms with van der Waals surface area (Å²) in [5, 5.41) is 0.0495. The van der Waals surface area contributed by atoms with E-state index in [2.05, 4.69) is 12.2 Å². The van der Waals surface area contributed by atoms with Crippen molar-refractivity contribution in [3.8, 4) is 0 Å². The Labute approximate surface area is 101 Å². The van der Waals surface area contributed by atoms with Crippen LogP contribution in [0.15, 0.2) is 30.3 Å². The molecule has 84 valence electrons. The molecule has 1 unspecified atom stereocenters. The van der Waals surface area contributed by atoms with Crippen molar-refractivity contribution in [2.45, 2.75) is 12.5 Å². The lowest BCUT2D eigenvalue weighted by Crippen LogP contribution is -2.31. The lowest BCUT2D eigenvalue weighted by molar-refractivity contribution is 0.278. The van der Waals surface area contributed by atoms with Crippen LogP contribution in [0, 0.1) is 0 Å². The molecule has 1 atom stereocenters. The second-order valence-electron chi connectivity index (χ2n) is 3.08. The van der Waals surface area contributed by atoms with E-state index in [1.807, 2.05) is 30.3 Å². The number of ether oxygens (including phenoxy) is 1. The molecule has 1 rings (SSSR count). The molecular weight excluding hydrogens is 232 g/mol. The molecule has 0 aliphatic rings. The zero-order chi connectivity index (χ0) is 10.4. The maximum Gasteiger partial charge on any atom is 0.254 e. The van der Waals surface area contributed by atoms with E-state index in [1.165, 1.54) is 5.56 Å². The molecule has 0 heterocycles. The van der Waals surface area contributed by atoms with Crippen molar-refractivity contribution in [2.75, 3.05) is 6.61 Å². The number of nitrogens with two attached hydrogens (primary N) is 2. The van der Waals surface area contributed by atoms with Crippen LogP contribution in [-0.2, 0) is 11.2 Å². The Balaban J connectivity index is 0.00000196. The molecule has 3 nitrogen and oxygen atoms in total. The third kappa shape index (κ3) is 6.28. The highest BCUT2D eigenvalue weighted by Gasteiger charge is 2.04. The van der Waals surface area contributed by atoms with E-state index in [9.17, 15) is 0 Å². The van der Waals surface area contributed by atoms with E-state index in [0.717, 1.165) is 6.42 Å². The SMILES string of the molecule is Cl.NC(=S)OCC(N)Cc1ccccc1. The van der Waals surface area contributed by atoms with Gasteiger partial charge in [-0.1, -0.05) is 30.3 Å². The minimum Gasteiger partial charge on any atom is -0.470 e. The van der Waals surface area contributed by atoms with Gasteiger partial charge in [0.25, 0.3) is 5.17 Å². The molecule has 0 aliphatic carbocycles. The molecule has 0 amide bonds. The molecule has 0 saturated heterocycles. The molecule has 0 saturated carbocycles. The van der Waals surface area contributed by atoms with Crippen LogP contribution in [0.3, 0.4) is 0 Å². The van der Waals surface area contributed by atoms with Gasteiger partial charge in [0.1, 0.15) is 6.61 Å². The van der Waals surface area contributed by atoms with Crippen molar-refractivity contribution >= 4 is 29.8 Å². The second kappa shape index (κ2) is 7.45. The van der Waals surface area contributed by atoms with Gasteiger partial charge in [0.05, 0.1) is 0 Å². The Hall–Kier alpha value is -0.840. The topological polar surface area (TPSA) is 61.3 Å². The van der Waals surface area contributed by atoms with Gasteiger partial charge in [-0.2, -0.15) is 0 Å². The largest absolute Gasteiger partial charge is 0.470 e. The van der Waals surface area contributed by atoms with Gasteiger partial charge in [0.2, 0.25) is 0 Å². The van der Waals surface area contributed by atoms with Gasteiger partial charge in [-0.15, -0.1) is 12.4 Å². The van der Waals surface area contributed by atoms with Gasteiger partial charge in [0, 0.05) is 6.04 Å². The molecule has 5 heteroatoms. The minimum absolute atomic E-state index is 0. The van der Waals surface area contributed by atoms with Crippen LogP contribution in [0.5, 0.6) is 0 Å². The first-order chi connectivity index (χ1) is 6.68. The van der Waals surface area contributed by atoms with Crippen LogP contribution in [0.1, 0.15) is 5.56 Å². The van der Waals surface area contributed by atoms with E-state index in [-0.39, 0.29) is 23.6 Å². The van der Waals surface area contributed by atoms with Crippen molar-refractivity contribution in [1.82, 2.24) is 0 Å². The fourth-order valence-electron chi connectivity index (χ4n) is 1.16. The van der Waals surface area contributed by atoms with Crippen LogP contribution in [0.25, 0.3) is 0 Å². The zero-order valence-electron chi connectivity index (χ0n) is 8.26. The van der Waals surface area contributed by atoms with Crippen molar-refractivity contribution in [3.05, 3.63) is 35.9 Å². The highest BCUT2D eigenvalue weighted by molar-refractivity contribution is 7.80. The van der Waals surface area contributed by atoms with E-state index in [1.54, 1.807) is 0 Å². The maximum atomic E-state index is 5.81. The number of thiocarbonyl (C=S) groups is 1. The number of halogens is 1. The third-order valence-corrected chi connectivity index (χ3v) is 1.90. The third-order valence-electron chi connectivity index (χ3n) is 1.78. The van der Waals surface area contributed by atoms with E-state index in [4.69, 9.17) is 16.2 Å². The lowest BCUT2D eigenvalue weighted by atomic mass is 10.1. The summed E-state index contributed by atoms with van der Waals surface area (Å²) in [7, 11) is 0. The molecule has 15 heavy (non-hydrogen) atoms. The molecule has 0 bridgehead atoms. The van der Waals surface area contributed by atoms with Gasteiger partial charge in [-0.3, -0.25) is 0 Å². The van der Waals surface area contributed by atoms with Gasteiger partial charge in [-0.05, 0) is 24.2 Å². The van der Waals surface area contributed by atoms with Gasteiger partial charge >= 0.3 is 0 Å². The second-order valence-corrected chi connectivity index (χ2v) is 3.48. The van der Waals surface area contributed by atoms with Crippen LogP contribution >= 0.6 is 24.6 Å². The fourth-order valence-corrected chi connectivity index (χ4v) is 1.23. The van der Waals surface area contributed by atoms with Crippen molar-refractivity contribution in [3.63, 3.8) is 0 Å². The number of rotatable bonds is 4. The molecule has 0 fully saturated rings. The average Bonchev–Trinajstić information content (AvgIpc) is 2.16. The summed E-state index contributed by atoms with van der Waals surface area (Å²) in [6.45, 7) is 0.365. The van der Waals surface area contributed by atoms with E-state index >= 15 is 0 Å². The van der Waals surface area contributed by atoms with Gasteiger partial charge in [0.15, 0.2) is 0 Å². The average molecular weight is 247 g/mol. The van der Waals surface area contributed by atoms with Crippen molar-refractivity contribution in [1.29, 1.82) is 0 Å². The van der Waals surface area contributed by atoms with E-state index in [0.29, 0.717) is 6.61 Å². The predicted octanol–water partition coefficient (Wildman–Crippen LogP) is 1.24. The smallest absolute Gasteiger partial charge is 0.254 e. The molecule has 0 aliphatic heterocycles. The van der Waals surface area contributed by atoms with Crippen LogP contribution in [0.4, 0.5) is 0 Å². The molecule has 1 aromatic rings. The van der Waals surface area contributed by atoms with E-state index < -0.39 is 0 Å². The van der Waals surface area contributed by atoms with Crippen molar-refractivity contribution in [2.24, 2.45) is 11.5 Å². The number of hydrogen-bond donors (Lipinski definition) is 2. The van der Waals surface area contributed by atoms with Gasteiger partial charge in [-0.25, -0.2) is 0 Å². The first-order valence-electron chi connectivity index (χ1n) is 4.40. The zero-order valence-corrected chi connectivity index (χ0v) is 9.89. The fraction of sp³-hybridized carbons (Fsp3) is 0.300. The van der Waals surface area contributed by atoms with Crippen LogP contribution in [-0.4, -0.2) is 17.8 Å². The Kier molecular flexibility index (Phi) is 7.03. The predicted molar refractivity (Wildman–Crippen MR) is 68.1 cm³/mol. The molecule has 1 aromatic carbocycles. The lowest BCUT2D eigenvalue weighted by Gasteiger charge is -2.11. The Morgan fingerprint density at radius 2 is 1.93 bits per heavy atom. The minimum atomic E-state index is -0.0705. The maximum absolute atomic E-state index is 5.81. The van der Waals surface area contributed by atoms with Crippen LogP contribution in [0.2, 0.25) is 0 Å². The highest BCUT2D eigenvalue weighted by Crippen LogP contribution is 2.01. The number of hydrogen-bond acceptors (Lipinski definition) is 3. The summed E-state index contributed by atoms with van der Waals surface area (Å²) in [6, 6.07) is 9.92. The Bertz CT molecular complexity index is 295. The summed E-state index contributed by atoms with van der Waals surface area (Å²) in [5.41, 5.74) is 12.2. The Morgan fingerprint density at radius 3 is 2.47 bits per heavy atom. The highest BCUT2D eigenvalue weighted by atomic mass is 35.5. The summed E-state index contributed by atoms with van der Waals surface area (Å²) in [4.78, 5) is 0. The van der Waals surface area contributed by atoms with Crippen molar-refractivity contribution < 1.29 is 4.74 Å². The molecule has 0 aromatic heterocycles. The summed E-state index contributed by atoms with van der Waals surface area (Å²) >= 11 is 4.58. The van der Waals surface area contributed by atoms with Gasteiger partial charge < -0.3 is 16.2 Å². The standard InChI is InChI=1S/C10H14N2OS.ClH/c11-9(7-13-10(12)14)6-8-4-2-1-3-5-8;/h1-5,9H,6-7,11H2,(H2,12,14);1H. The molecular formula is C10H15ClN2OS. The summed E-state index contributed by atoms with van der Waals surface area (Å²) < 4.78 is 4.96.